The fraction of sp³-hybridized carbons (Fsp3) is 0.324. The molecule has 3 N–H and O–H groups in total. The number of likely N-dealkylation sites (tertiary alicyclic amines) is 1. The van der Waals surface area contributed by atoms with Crippen LogP contribution in [0.4, 0.5) is 10.1 Å². The van der Waals surface area contributed by atoms with Crippen LogP contribution in [-0.4, -0.2) is 78.7 Å². The van der Waals surface area contributed by atoms with Crippen molar-refractivity contribution in [1.29, 1.82) is 0 Å². The SMILES string of the molecule is CC1(O)CCN(C(=O)c2ccc(-c3cc4c(-c5cccc(N6CCOc7nc(C8CC8)cc(F)c7C6=O)c5CO)ccnc4[nH]3)nc2)CC1. The lowest BCUT2D eigenvalue weighted by Crippen LogP contribution is -2.45. The van der Waals surface area contributed by atoms with Crippen LogP contribution >= 0.6 is 0 Å². The fourth-order valence-corrected chi connectivity index (χ4v) is 6.80. The molecule has 5 aromatic rings. The number of hydrogen-bond acceptors (Lipinski definition) is 8. The number of carbonyl (C=O) groups is 2. The topological polar surface area (TPSA) is 145 Å². The minimum Gasteiger partial charge on any atom is -0.475 e. The molecule has 1 aromatic carbocycles. The monoisotopic (exact) mass is 662 g/mol. The van der Waals surface area contributed by atoms with Gasteiger partial charge in [0, 0.05) is 42.4 Å². The lowest BCUT2D eigenvalue weighted by atomic mass is 9.93. The highest BCUT2D eigenvalue weighted by Gasteiger charge is 2.34. The van der Waals surface area contributed by atoms with E-state index in [-0.39, 0.29) is 43.0 Å². The molecule has 0 atom stereocenters. The summed E-state index contributed by atoms with van der Waals surface area (Å²) in [6.45, 7) is 2.66. The first kappa shape index (κ1) is 31.1. The van der Waals surface area contributed by atoms with Crippen LogP contribution in [0.15, 0.2) is 60.9 Å². The van der Waals surface area contributed by atoms with Gasteiger partial charge in [-0.1, -0.05) is 12.1 Å². The predicted molar refractivity (Wildman–Crippen MR) is 180 cm³/mol. The Bertz CT molecular complexity index is 2100. The molecule has 3 aliphatic rings. The van der Waals surface area contributed by atoms with Crippen molar-refractivity contribution in [3.63, 3.8) is 0 Å². The van der Waals surface area contributed by atoms with Gasteiger partial charge in [0.1, 0.15) is 23.6 Å². The maximum atomic E-state index is 15.4. The molecule has 0 bridgehead atoms. The Morgan fingerprint density at radius 1 is 1.08 bits per heavy atom. The number of hydrogen-bond donors (Lipinski definition) is 3. The van der Waals surface area contributed by atoms with Gasteiger partial charge in [0.25, 0.3) is 11.8 Å². The van der Waals surface area contributed by atoms with Crippen LogP contribution in [0.5, 0.6) is 5.88 Å². The maximum absolute atomic E-state index is 15.4. The van der Waals surface area contributed by atoms with Crippen LogP contribution < -0.4 is 9.64 Å². The Morgan fingerprint density at radius 2 is 1.90 bits per heavy atom. The Balaban J connectivity index is 1.10. The number of fused-ring (bicyclic) bond motifs is 2. The first-order valence-electron chi connectivity index (χ1n) is 16.5. The second-order valence-electron chi connectivity index (χ2n) is 13.3. The number of benzene rings is 1. The molecular formula is C37H35FN6O5. The Kier molecular flexibility index (Phi) is 7.64. The van der Waals surface area contributed by atoms with Crippen LogP contribution in [0.25, 0.3) is 33.5 Å². The zero-order chi connectivity index (χ0) is 33.9. The van der Waals surface area contributed by atoms with Gasteiger partial charge in [0.2, 0.25) is 5.88 Å². The fourth-order valence-electron chi connectivity index (χ4n) is 6.80. The molecule has 2 fully saturated rings. The molecule has 4 aromatic heterocycles. The lowest BCUT2D eigenvalue weighted by Gasteiger charge is -2.35. The summed E-state index contributed by atoms with van der Waals surface area (Å²) in [4.78, 5) is 47.0. The van der Waals surface area contributed by atoms with E-state index in [4.69, 9.17) is 4.74 Å². The highest BCUT2D eigenvalue weighted by molar-refractivity contribution is 6.09. The minimum atomic E-state index is -0.747. The molecule has 49 heavy (non-hydrogen) atoms. The zero-order valence-electron chi connectivity index (χ0n) is 26.9. The molecule has 2 aliphatic heterocycles. The van der Waals surface area contributed by atoms with Gasteiger partial charge >= 0.3 is 0 Å². The summed E-state index contributed by atoms with van der Waals surface area (Å²) < 4.78 is 21.2. The van der Waals surface area contributed by atoms with Crippen LogP contribution in [-0.2, 0) is 6.61 Å². The van der Waals surface area contributed by atoms with Gasteiger partial charge in [-0.2, -0.15) is 0 Å². The largest absolute Gasteiger partial charge is 0.475 e. The summed E-state index contributed by atoms with van der Waals surface area (Å²) in [5.41, 5.74) is 4.44. The molecule has 2 amide bonds. The maximum Gasteiger partial charge on any atom is 0.266 e. The average Bonchev–Trinajstić information content (AvgIpc) is 3.89. The summed E-state index contributed by atoms with van der Waals surface area (Å²) >= 11 is 0. The summed E-state index contributed by atoms with van der Waals surface area (Å²) in [7, 11) is 0. The van der Waals surface area contributed by atoms with Crippen molar-refractivity contribution in [2.75, 3.05) is 31.1 Å². The second-order valence-corrected chi connectivity index (χ2v) is 13.3. The van der Waals surface area contributed by atoms with Gasteiger partial charge in [-0.15, -0.1) is 0 Å². The average molecular weight is 663 g/mol. The van der Waals surface area contributed by atoms with Crippen molar-refractivity contribution < 1.29 is 28.9 Å². The van der Waals surface area contributed by atoms with Gasteiger partial charge in [0.05, 0.1) is 47.1 Å². The number of carbonyl (C=O) groups excluding carboxylic acids is 2. The van der Waals surface area contributed by atoms with E-state index in [1.165, 1.54) is 11.0 Å². The third kappa shape index (κ3) is 5.70. The minimum absolute atomic E-state index is 0.0125. The van der Waals surface area contributed by atoms with Gasteiger partial charge in [-0.3, -0.25) is 14.6 Å². The quantitative estimate of drug-likeness (QED) is 0.225. The standard InChI is InChI=1S/C37H35FN6O5/c1-37(48)10-13-43(14-11-37)35(46)22-7-8-28(40-19-22)30-17-25-24(9-12-39-33(25)41-30)23-3-2-4-31(26(23)20-45)44-15-16-49-34-32(36(44)47)27(38)18-29(42-34)21-5-6-21/h2-4,7-9,12,17-19,21,45,48H,5-6,10-11,13-16,20H2,1H3,(H,39,41). The van der Waals surface area contributed by atoms with Gasteiger partial charge in [0.15, 0.2) is 0 Å². The Morgan fingerprint density at radius 3 is 2.63 bits per heavy atom. The molecule has 1 aliphatic carbocycles. The molecule has 8 rings (SSSR count). The van der Waals surface area contributed by atoms with Crippen molar-refractivity contribution >= 4 is 28.5 Å². The number of halogens is 1. The number of aliphatic hydroxyl groups excluding tert-OH is 1. The summed E-state index contributed by atoms with van der Waals surface area (Å²) in [5.74, 6) is -1.14. The normalized spacial score (nSPS) is 17.5. The molecule has 0 radical (unpaired) electrons. The third-order valence-electron chi connectivity index (χ3n) is 9.80. The third-order valence-corrected chi connectivity index (χ3v) is 9.80. The van der Waals surface area contributed by atoms with Gasteiger partial charge in [-0.25, -0.2) is 14.4 Å². The summed E-state index contributed by atoms with van der Waals surface area (Å²) in [6, 6.07) is 14.0. The summed E-state index contributed by atoms with van der Waals surface area (Å²) in [5, 5.41) is 21.7. The molecule has 6 heterocycles. The van der Waals surface area contributed by atoms with E-state index in [9.17, 15) is 19.8 Å². The number of nitrogens with one attached hydrogen (secondary N) is 1. The number of anilines is 1. The van der Waals surface area contributed by atoms with E-state index in [0.717, 1.165) is 23.8 Å². The first-order chi connectivity index (χ1) is 23.7. The van der Waals surface area contributed by atoms with E-state index in [1.54, 1.807) is 48.5 Å². The van der Waals surface area contributed by atoms with Crippen molar-refractivity contribution in [2.24, 2.45) is 0 Å². The highest BCUT2D eigenvalue weighted by atomic mass is 19.1. The van der Waals surface area contributed by atoms with Crippen LogP contribution in [0, 0.1) is 5.82 Å². The smallest absolute Gasteiger partial charge is 0.266 e. The molecule has 250 valence electrons. The number of nitrogens with zero attached hydrogens (tertiary/aromatic N) is 5. The number of aromatic amines is 1. The van der Waals surface area contributed by atoms with Crippen LogP contribution in [0.2, 0.25) is 0 Å². The molecule has 1 saturated carbocycles. The number of ether oxygens (including phenoxy) is 1. The number of aliphatic hydroxyl groups is 2. The van der Waals surface area contributed by atoms with E-state index in [1.807, 2.05) is 18.2 Å². The van der Waals surface area contributed by atoms with Gasteiger partial charge < -0.3 is 29.7 Å². The number of aromatic nitrogens is 4. The van der Waals surface area contributed by atoms with Crippen molar-refractivity contribution in [3.05, 3.63) is 89.1 Å². The van der Waals surface area contributed by atoms with Crippen molar-refractivity contribution in [3.8, 4) is 28.4 Å². The lowest BCUT2D eigenvalue weighted by molar-refractivity contribution is -0.00204. The van der Waals surface area contributed by atoms with Gasteiger partial charge in [-0.05, 0) is 80.1 Å². The highest BCUT2D eigenvalue weighted by Crippen LogP contribution is 2.42. The van der Waals surface area contributed by atoms with Crippen molar-refractivity contribution in [1.82, 2.24) is 24.8 Å². The Hall–Kier alpha value is -5.20. The molecule has 0 unspecified atom stereocenters. The zero-order valence-corrected chi connectivity index (χ0v) is 26.9. The van der Waals surface area contributed by atoms with E-state index in [2.05, 4.69) is 19.9 Å². The van der Waals surface area contributed by atoms with E-state index < -0.39 is 17.3 Å². The number of H-pyrrole nitrogens is 1. The second kappa shape index (κ2) is 12.0. The molecule has 12 heteroatoms. The molecule has 1 saturated heterocycles. The number of amides is 2. The van der Waals surface area contributed by atoms with E-state index in [0.29, 0.717) is 71.0 Å². The summed E-state index contributed by atoms with van der Waals surface area (Å²) in [6.07, 6.45) is 6.17. The first-order valence-corrected chi connectivity index (χ1v) is 16.5. The number of piperidine rings is 1. The number of pyridine rings is 3. The Labute approximate surface area is 281 Å². The van der Waals surface area contributed by atoms with Crippen molar-refractivity contribution in [2.45, 2.75) is 50.7 Å². The molecule has 11 nitrogen and oxygen atoms in total. The van der Waals surface area contributed by atoms with Crippen LogP contribution in [0.3, 0.4) is 0 Å². The predicted octanol–water partition coefficient (Wildman–Crippen LogP) is 5.22. The molecular weight excluding hydrogens is 627 g/mol. The van der Waals surface area contributed by atoms with E-state index >= 15 is 4.39 Å². The molecule has 0 spiro atoms. The van der Waals surface area contributed by atoms with Crippen LogP contribution in [0.1, 0.15) is 70.5 Å². The number of rotatable bonds is 6.